The zero-order chi connectivity index (χ0) is 23.2. The van der Waals surface area contributed by atoms with E-state index in [1.807, 2.05) is 24.3 Å². The van der Waals surface area contributed by atoms with Crippen molar-refractivity contribution in [1.82, 2.24) is 14.7 Å². The summed E-state index contributed by atoms with van der Waals surface area (Å²) in [6, 6.07) is 11.8. The van der Waals surface area contributed by atoms with E-state index in [9.17, 15) is 14.0 Å². The van der Waals surface area contributed by atoms with Gasteiger partial charge in [-0.2, -0.15) is 0 Å². The van der Waals surface area contributed by atoms with Crippen LogP contribution in [0.1, 0.15) is 64.8 Å². The second-order valence-corrected chi connectivity index (χ2v) is 10.3. The lowest BCUT2D eigenvalue weighted by Crippen LogP contribution is -2.47. The Morgan fingerprint density at radius 2 is 1.62 bits per heavy atom. The third kappa shape index (κ3) is 3.82. The summed E-state index contributed by atoms with van der Waals surface area (Å²) in [5.74, 6) is -0.571. The first-order valence-corrected chi connectivity index (χ1v) is 12.9. The number of rotatable bonds is 4. The second-order valence-electron chi connectivity index (χ2n) is 10.3. The van der Waals surface area contributed by atoms with Crippen LogP contribution in [0.4, 0.5) is 4.39 Å². The largest absolute Gasteiger partial charge is 0.339 e. The molecule has 178 valence electrons. The van der Waals surface area contributed by atoms with Gasteiger partial charge in [0.2, 0.25) is 0 Å². The molecule has 2 saturated heterocycles. The molecule has 34 heavy (non-hydrogen) atoms. The van der Waals surface area contributed by atoms with E-state index >= 15 is 0 Å². The lowest BCUT2D eigenvalue weighted by Gasteiger charge is -2.37. The van der Waals surface area contributed by atoms with Crippen LogP contribution < -0.4 is 0 Å². The van der Waals surface area contributed by atoms with Gasteiger partial charge in [0.05, 0.1) is 5.56 Å². The number of carbonyl (C=O) groups is 2. The summed E-state index contributed by atoms with van der Waals surface area (Å²) in [5, 5.41) is 0. The monoisotopic (exact) mass is 461 g/mol. The third-order valence-corrected chi connectivity index (χ3v) is 8.37. The maximum absolute atomic E-state index is 14.9. The van der Waals surface area contributed by atoms with Gasteiger partial charge in [0.15, 0.2) is 0 Å². The van der Waals surface area contributed by atoms with E-state index in [1.54, 1.807) is 11.0 Å². The molecule has 1 atom stereocenters. The van der Waals surface area contributed by atoms with Gasteiger partial charge >= 0.3 is 0 Å². The molecule has 5 nitrogen and oxygen atoms in total. The molecule has 2 amide bonds. The number of hydrogen-bond donors (Lipinski definition) is 0. The maximum atomic E-state index is 14.9. The average molecular weight is 462 g/mol. The summed E-state index contributed by atoms with van der Waals surface area (Å²) < 4.78 is 14.9. The molecule has 6 heteroatoms. The summed E-state index contributed by atoms with van der Waals surface area (Å²) >= 11 is 0. The zero-order valence-corrected chi connectivity index (χ0v) is 19.6. The minimum atomic E-state index is -0.480. The van der Waals surface area contributed by atoms with Gasteiger partial charge in [0.1, 0.15) is 5.82 Å². The Hall–Kier alpha value is -2.73. The highest BCUT2D eigenvalue weighted by Gasteiger charge is 2.37. The second kappa shape index (κ2) is 8.81. The van der Waals surface area contributed by atoms with Crippen molar-refractivity contribution in [2.75, 3.05) is 32.7 Å². The van der Waals surface area contributed by atoms with E-state index < -0.39 is 5.82 Å². The number of benzene rings is 2. The Morgan fingerprint density at radius 3 is 2.35 bits per heavy atom. The van der Waals surface area contributed by atoms with Crippen LogP contribution in [0.5, 0.6) is 0 Å². The molecule has 3 heterocycles. The lowest BCUT2D eigenvalue weighted by molar-refractivity contribution is 0.0646. The molecule has 4 aliphatic rings. The fourth-order valence-electron chi connectivity index (χ4n) is 6.10. The van der Waals surface area contributed by atoms with Gasteiger partial charge in [0.25, 0.3) is 11.8 Å². The van der Waals surface area contributed by atoms with Crippen molar-refractivity contribution in [2.24, 2.45) is 0 Å². The highest BCUT2D eigenvalue weighted by atomic mass is 19.1. The zero-order valence-electron chi connectivity index (χ0n) is 19.6. The predicted molar refractivity (Wildman–Crippen MR) is 129 cm³/mol. The van der Waals surface area contributed by atoms with E-state index in [4.69, 9.17) is 0 Å². The molecular weight excluding hydrogens is 429 g/mol. The minimum absolute atomic E-state index is 0.131. The summed E-state index contributed by atoms with van der Waals surface area (Å²) in [4.78, 5) is 32.3. The SMILES string of the molecule is O=C(c1ccc(-c2ccc3c(c2)CCN([C@@H]2CCN(C4CCC4)C2)C3=O)cc1F)N1CCCC1. The number of hydrogen-bond acceptors (Lipinski definition) is 3. The topological polar surface area (TPSA) is 43.9 Å². The first kappa shape index (κ1) is 21.8. The standard InChI is InChI=1S/C28H32FN3O2/c29-26-17-20(7-9-25(26)27(33)30-12-1-2-13-30)19-6-8-24-21(16-19)10-15-32(28(24)34)23-11-14-31(18-23)22-4-3-5-22/h6-9,16-17,22-23H,1-5,10-15,18H2/t23-/m1/s1. The van der Waals surface area contributed by atoms with Gasteiger partial charge in [-0.1, -0.05) is 24.6 Å². The van der Waals surface area contributed by atoms with Crippen LogP contribution in [0, 0.1) is 5.82 Å². The summed E-state index contributed by atoms with van der Waals surface area (Å²) in [6.45, 7) is 4.26. The fourth-order valence-corrected chi connectivity index (χ4v) is 6.10. The number of amides is 2. The Bertz CT molecular complexity index is 1120. The highest BCUT2D eigenvalue weighted by Crippen LogP contribution is 2.32. The van der Waals surface area contributed by atoms with Crippen molar-refractivity contribution < 1.29 is 14.0 Å². The number of fused-ring (bicyclic) bond motifs is 1. The maximum Gasteiger partial charge on any atom is 0.256 e. The number of carbonyl (C=O) groups excluding carboxylic acids is 2. The Labute approximate surface area is 200 Å². The first-order valence-electron chi connectivity index (χ1n) is 12.9. The van der Waals surface area contributed by atoms with Gasteiger partial charge in [-0.15, -0.1) is 0 Å². The molecule has 3 aliphatic heterocycles. The molecule has 1 saturated carbocycles. The number of nitrogens with zero attached hydrogens (tertiary/aromatic N) is 3. The Morgan fingerprint density at radius 1 is 0.853 bits per heavy atom. The molecule has 6 rings (SSSR count). The number of halogens is 1. The molecule has 0 N–H and O–H groups in total. The third-order valence-electron chi connectivity index (χ3n) is 8.37. The van der Waals surface area contributed by atoms with Crippen molar-refractivity contribution in [3.8, 4) is 11.1 Å². The van der Waals surface area contributed by atoms with Crippen LogP contribution in [0.25, 0.3) is 11.1 Å². The molecule has 0 aromatic heterocycles. The van der Waals surface area contributed by atoms with Crippen LogP contribution in [0.15, 0.2) is 36.4 Å². The quantitative estimate of drug-likeness (QED) is 0.680. The van der Waals surface area contributed by atoms with Crippen LogP contribution in [0.3, 0.4) is 0 Å². The number of likely N-dealkylation sites (tertiary alicyclic amines) is 2. The molecule has 2 aromatic rings. The van der Waals surface area contributed by atoms with Crippen molar-refractivity contribution in [3.63, 3.8) is 0 Å². The van der Waals surface area contributed by atoms with Crippen molar-refractivity contribution >= 4 is 11.8 Å². The van der Waals surface area contributed by atoms with E-state index in [0.29, 0.717) is 19.1 Å². The molecular formula is C28H32FN3O2. The normalized spacial score (nSPS) is 23.3. The molecule has 0 unspecified atom stereocenters. The Kier molecular flexibility index (Phi) is 5.64. The lowest BCUT2D eigenvalue weighted by atomic mass is 9.92. The minimum Gasteiger partial charge on any atom is -0.339 e. The average Bonchev–Trinajstić information content (AvgIpc) is 3.50. The highest BCUT2D eigenvalue weighted by molar-refractivity contribution is 5.98. The van der Waals surface area contributed by atoms with Gasteiger partial charge < -0.3 is 9.80 Å². The van der Waals surface area contributed by atoms with E-state index in [2.05, 4.69) is 9.80 Å². The molecule has 3 fully saturated rings. The van der Waals surface area contributed by atoms with Crippen molar-refractivity contribution in [3.05, 3.63) is 58.9 Å². The predicted octanol–water partition coefficient (Wildman–Crippen LogP) is 4.35. The van der Waals surface area contributed by atoms with Gasteiger partial charge in [-0.05, 0) is 73.4 Å². The summed E-state index contributed by atoms with van der Waals surface area (Å²) in [6.07, 6.45) is 7.80. The molecule has 0 spiro atoms. The molecule has 2 aromatic carbocycles. The van der Waals surface area contributed by atoms with Crippen LogP contribution in [-0.2, 0) is 6.42 Å². The van der Waals surface area contributed by atoms with Gasteiger partial charge in [-0.25, -0.2) is 4.39 Å². The van der Waals surface area contributed by atoms with Crippen molar-refractivity contribution in [2.45, 2.75) is 57.0 Å². The van der Waals surface area contributed by atoms with Crippen LogP contribution >= 0.6 is 0 Å². The molecule has 0 bridgehead atoms. The summed E-state index contributed by atoms with van der Waals surface area (Å²) in [5.41, 5.74) is 3.57. The first-order chi connectivity index (χ1) is 16.6. The molecule has 0 radical (unpaired) electrons. The van der Waals surface area contributed by atoms with E-state index in [0.717, 1.165) is 73.6 Å². The van der Waals surface area contributed by atoms with Crippen LogP contribution in [0.2, 0.25) is 0 Å². The fraction of sp³-hybridized carbons (Fsp3) is 0.500. The van der Waals surface area contributed by atoms with Crippen LogP contribution in [-0.4, -0.2) is 71.3 Å². The Balaban J connectivity index is 1.18. The van der Waals surface area contributed by atoms with Crippen molar-refractivity contribution in [1.29, 1.82) is 0 Å². The van der Waals surface area contributed by atoms with E-state index in [-0.39, 0.29) is 17.4 Å². The van der Waals surface area contributed by atoms with Gasteiger partial charge in [-0.3, -0.25) is 14.5 Å². The summed E-state index contributed by atoms with van der Waals surface area (Å²) in [7, 11) is 0. The smallest absolute Gasteiger partial charge is 0.256 e. The van der Waals surface area contributed by atoms with E-state index in [1.165, 1.54) is 25.3 Å². The molecule has 1 aliphatic carbocycles. The van der Waals surface area contributed by atoms with Gasteiger partial charge in [0, 0.05) is 50.4 Å².